The van der Waals surface area contributed by atoms with Gasteiger partial charge in [0.25, 0.3) is 0 Å². The van der Waals surface area contributed by atoms with Crippen LogP contribution < -0.4 is 5.73 Å². The van der Waals surface area contributed by atoms with Crippen LogP contribution in [-0.4, -0.2) is 10.5 Å². The summed E-state index contributed by atoms with van der Waals surface area (Å²) in [5.74, 6) is 6.45. The molecule has 1 amide bonds. The van der Waals surface area contributed by atoms with Crippen LogP contribution in [0.3, 0.4) is 0 Å². The van der Waals surface area contributed by atoms with Gasteiger partial charge in [-0.1, -0.05) is 72.0 Å². The third kappa shape index (κ3) is 4.11. The van der Waals surface area contributed by atoms with Crippen molar-refractivity contribution in [2.45, 2.75) is 27.3 Å². The fourth-order valence-corrected chi connectivity index (χ4v) is 3.78. The Balaban J connectivity index is 2.04. The van der Waals surface area contributed by atoms with Crippen molar-refractivity contribution < 1.29 is 4.79 Å². The lowest BCUT2D eigenvalue weighted by Crippen LogP contribution is -2.35. The molecule has 31 heavy (non-hydrogen) atoms. The Labute approximate surface area is 183 Å². The monoisotopic (exact) mass is 406 g/mol. The number of hydrogen-bond acceptors (Lipinski definition) is 1. The number of carbonyl (C=O) groups excluding carboxylic acids is 1. The summed E-state index contributed by atoms with van der Waals surface area (Å²) >= 11 is 0. The summed E-state index contributed by atoms with van der Waals surface area (Å²) < 4.78 is 2.20. The van der Waals surface area contributed by atoms with Crippen LogP contribution in [0, 0.1) is 24.2 Å². The van der Waals surface area contributed by atoms with E-state index in [2.05, 4.69) is 53.7 Å². The van der Waals surface area contributed by atoms with Gasteiger partial charge >= 0.3 is 0 Å². The molecule has 0 aliphatic rings. The van der Waals surface area contributed by atoms with Crippen molar-refractivity contribution in [3.8, 4) is 23.1 Å². The minimum absolute atomic E-state index is 0.322. The van der Waals surface area contributed by atoms with E-state index < -0.39 is 5.41 Å². The van der Waals surface area contributed by atoms with E-state index in [0.717, 1.165) is 33.3 Å². The number of rotatable bonds is 4. The molecule has 0 radical (unpaired) electrons. The van der Waals surface area contributed by atoms with Crippen molar-refractivity contribution >= 4 is 16.8 Å². The lowest BCUT2D eigenvalue weighted by atomic mass is 9.92. The zero-order valence-corrected chi connectivity index (χ0v) is 18.1. The highest BCUT2D eigenvalue weighted by atomic mass is 16.1. The van der Waals surface area contributed by atoms with Crippen LogP contribution >= 0.6 is 0 Å². The molecule has 0 bridgehead atoms. The zero-order valence-electron chi connectivity index (χ0n) is 18.1. The van der Waals surface area contributed by atoms with Crippen LogP contribution in [0.25, 0.3) is 22.2 Å². The molecule has 154 valence electrons. The topological polar surface area (TPSA) is 48.0 Å². The van der Waals surface area contributed by atoms with Gasteiger partial charge in [-0.05, 0) is 50.6 Å². The van der Waals surface area contributed by atoms with Crippen LogP contribution in [0.15, 0.2) is 78.9 Å². The fraction of sp³-hybridized carbons (Fsp3) is 0.179. The Bertz CT molecular complexity index is 1300. The Morgan fingerprint density at radius 1 is 0.935 bits per heavy atom. The molecule has 0 aliphatic heterocycles. The summed E-state index contributed by atoms with van der Waals surface area (Å²) in [4.78, 5) is 12.2. The highest BCUT2D eigenvalue weighted by molar-refractivity contribution is 5.96. The average Bonchev–Trinajstić information content (AvgIpc) is 3.05. The first-order valence-corrected chi connectivity index (χ1v) is 10.4. The summed E-state index contributed by atoms with van der Waals surface area (Å²) in [6.07, 6.45) is 0. The van der Waals surface area contributed by atoms with Crippen LogP contribution in [-0.2, 0) is 11.3 Å². The van der Waals surface area contributed by atoms with Gasteiger partial charge < -0.3 is 10.3 Å². The van der Waals surface area contributed by atoms with Crippen LogP contribution in [0.5, 0.6) is 0 Å². The van der Waals surface area contributed by atoms with Crippen molar-refractivity contribution in [1.29, 1.82) is 0 Å². The summed E-state index contributed by atoms with van der Waals surface area (Å²) in [6, 6.07) is 26.6. The molecule has 4 rings (SSSR count). The number of nitrogens with two attached hydrogens (primary N) is 1. The summed E-state index contributed by atoms with van der Waals surface area (Å²) in [5.41, 5.74) is 11.3. The number of amides is 1. The lowest BCUT2D eigenvalue weighted by Gasteiger charge is -2.23. The van der Waals surface area contributed by atoms with E-state index in [1.807, 2.05) is 62.4 Å². The standard InChI is InChI=1S/C28H26N2O/c1-20-14-17-25-24(18-20)23(16-15-21-10-6-4-7-11-21)26(22-12-8-5-9-13-22)30(25)19-28(2,3)27(29)31/h4-14,17-18H,19H2,1-3H3,(H2,29,31). The van der Waals surface area contributed by atoms with Crippen molar-refractivity contribution in [1.82, 2.24) is 4.57 Å². The van der Waals surface area contributed by atoms with Gasteiger partial charge in [0.05, 0.1) is 16.7 Å². The molecule has 0 spiro atoms. The number of nitrogens with zero attached hydrogens (tertiary/aromatic N) is 1. The fourth-order valence-electron chi connectivity index (χ4n) is 3.78. The van der Waals surface area contributed by atoms with E-state index in [0.29, 0.717) is 6.54 Å². The van der Waals surface area contributed by atoms with E-state index in [4.69, 9.17) is 5.73 Å². The first-order valence-electron chi connectivity index (χ1n) is 10.4. The van der Waals surface area contributed by atoms with Crippen LogP contribution in [0.1, 0.15) is 30.5 Å². The second-order valence-electron chi connectivity index (χ2n) is 8.56. The molecule has 0 fully saturated rings. The normalized spacial score (nSPS) is 11.2. The quantitative estimate of drug-likeness (QED) is 0.445. The molecule has 3 heteroatoms. The van der Waals surface area contributed by atoms with Crippen molar-refractivity contribution in [3.63, 3.8) is 0 Å². The van der Waals surface area contributed by atoms with Gasteiger partial charge in [0, 0.05) is 23.0 Å². The third-order valence-corrected chi connectivity index (χ3v) is 5.59. The van der Waals surface area contributed by atoms with Gasteiger partial charge in [0.2, 0.25) is 5.91 Å². The molecule has 0 unspecified atom stereocenters. The van der Waals surface area contributed by atoms with Crippen molar-refractivity contribution in [3.05, 3.63) is 95.6 Å². The number of carbonyl (C=O) groups is 1. The van der Waals surface area contributed by atoms with E-state index in [1.165, 1.54) is 5.56 Å². The number of benzene rings is 3. The number of primary amides is 1. The Morgan fingerprint density at radius 2 is 1.58 bits per heavy atom. The van der Waals surface area contributed by atoms with E-state index in [9.17, 15) is 4.79 Å². The molecule has 3 aromatic carbocycles. The first kappa shape index (κ1) is 20.5. The van der Waals surface area contributed by atoms with Gasteiger partial charge in [0.15, 0.2) is 0 Å². The molecule has 0 atom stereocenters. The predicted octanol–water partition coefficient (Wildman–Crippen LogP) is 5.53. The van der Waals surface area contributed by atoms with Crippen LogP contribution in [0.4, 0.5) is 0 Å². The predicted molar refractivity (Wildman–Crippen MR) is 128 cm³/mol. The molecule has 3 nitrogen and oxygen atoms in total. The maximum atomic E-state index is 12.2. The van der Waals surface area contributed by atoms with Crippen molar-refractivity contribution in [2.24, 2.45) is 11.1 Å². The minimum atomic E-state index is -0.704. The molecule has 1 heterocycles. The summed E-state index contributed by atoms with van der Waals surface area (Å²) in [5, 5.41) is 1.09. The van der Waals surface area contributed by atoms with Crippen molar-refractivity contribution in [2.75, 3.05) is 0 Å². The third-order valence-electron chi connectivity index (χ3n) is 5.59. The first-order chi connectivity index (χ1) is 14.9. The van der Waals surface area contributed by atoms with E-state index in [1.54, 1.807) is 0 Å². The maximum absolute atomic E-state index is 12.2. The summed E-state index contributed by atoms with van der Waals surface area (Å²) in [6.45, 7) is 6.33. The largest absolute Gasteiger partial charge is 0.369 e. The number of aromatic nitrogens is 1. The molecule has 0 saturated heterocycles. The van der Waals surface area contributed by atoms with Gasteiger partial charge in [-0.15, -0.1) is 0 Å². The van der Waals surface area contributed by atoms with Gasteiger partial charge in [-0.2, -0.15) is 0 Å². The Morgan fingerprint density at radius 3 is 2.23 bits per heavy atom. The second-order valence-corrected chi connectivity index (χ2v) is 8.56. The molecule has 4 aromatic rings. The smallest absolute Gasteiger partial charge is 0.224 e. The number of hydrogen-bond donors (Lipinski definition) is 1. The molecule has 2 N–H and O–H groups in total. The lowest BCUT2D eigenvalue weighted by molar-refractivity contribution is -0.126. The van der Waals surface area contributed by atoms with E-state index >= 15 is 0 Å². The molecule has 0 aliphatic carbocycles. The number of fused-ring (bicyclic) bond motifs is 1. The van der Waals surface area contributed by atoms with Gasteiger partial charge in [-0.3, -0.25) is 4.79 Å². The van der Waals surface area contributed by atoms with Gasteiger partial charge in [0.1, 0.15) is 0 Å². The maximum Gasteiger partial charge on any atom is 0.224 e. The minimum Gasteiger partial charge on any atom is -0.369 e. The molecular weight excluding hydrogens is 380 g/mol. The Kier molecular flexibility index (Phi) is 5.40. The highest BCUT2D eigenvalue weighted by Gasteiger charge is 2.29. The zero-order chi connectivity index (χ0) is 22.0. The van der Waals surface area contributed by atoms with Gasteiger partial charge in [-0.25, -0.2) is 0 Å². The number of aryl methyl sites for hydroxylation is 1. The SMILES string of the molecule is Cc1ccc2c(c1)c(C#Cc1ccccc1)c(-c1ccccc1)n2CC(C)(C)C(N)=O. The Hall–Kier alpha value is -3.77. The highest BCUT2D eigenvalue weighted by Crippen LogP contribution is 2.36. The second kappa shape index (κ2) is 8.16. The van der Waals surface area contributed by atoms with Crippen LogP contribution in [0.2, 0.25) is 0 Å². The molecular formula is C28H26N2O. The molecule has 0 saturated carbocycles. The summed E-state index contributed by atoms with van der Waals surface area (Å²) in [7, 11) is 0. The average molecular weight is 407 g/mol. The molecule has 1 aromatic heterocycles. The van der Waals surface area contributed by atoms with E-state index in [-0.39, 0.29) is 5.91 Å².